The number of hydrogen-bond donors (Lipinski definition) is 2. The third-order valence-electron chi connectivity index (χ3n) is 2.34. The molecule has 1 unspecified atom stereocenters. The lowest BCUT2D eigenvalue weighted by Crippen LogP contribution is -2.22. The average Bonchev–Trinajstić information content (AvgIpc) is 2.89. The molecule has 0 saturated carbocycles. The van der Waals surface area contributed by atoms with Crippen LogP contribution in [-0.4, -0.2) is 32.0 Å². The Morgan fingerprint density at radius 1 is 1.60 bits per heavy atom. The average molecular weight is 206 g/mol. The second kappa shape index (κ2) is 4.22. The van der Waals surface area contributed by atoms with Gasteiger partial charge in [0.1, 0.15) is 18.2 Å². The highest BCUT2D eigenvalue weighted by Gasteiger charge is 2.18. The maximum Gasteiger partial charge on any atom is 0.147 e. The molecule has 1 atom stereocenters. The highest BCUT2D eigenvalue weighted by Crippen LogP contribution is 2.17. The largest absolute Gasteiger partial charge is 0.305 e. The molecular formula is C9H14N6. The van der Waals surface area contributed by atoms with Crippen LogP contribution in [0.1, 0.15) is 24.5 Å². The van der Waals surface area contributed by atoms with Gasteiger partial charge in [-0.3, -0.25) is 9.78 Å². The van der Waals surface area contributed by atoms with E-state index in [1.807, 2.05) is 17.8 Å². The van der Waals surface area contributed by atoms with E-state index in [1.54, 1.807) is 6.20 Å². The second-order valence-corrected chi connectivity index (χ2v) is 3.16. The Morgan fingerprint density at radius 3 is 3.07 bits per heavy atom. The van der Waals surface area contributed by atoms with Crippen LogP contribution in [0.25, 0.3) is 0 Å². The normalized spacial score (nSPS) is 12.9. The van der Waals surface area contributed by atoms with Gasteiger partial charge in [-0.2, -0.15) is 10.2 Å². The summed E-state index contributed by atoms with van der Waals surface area (Å²) in [6.45, 7) is 2.90. The summed E-state index contributed by atoms with van der Waals surface area (Å²) in [5, 5.41) is 14.1. The van der Waals surface area contributed by atoms with Gasteiger partial charge in [0.2, 0.25) is 0 Å². The molecular weight excluding hydrogens is 192 g/mol. The number of H-pyrrole nitrogens is 1. The Morgan fingerprint density at radius 2 is 2.47 bits per heavy atom. The van der Waals surface area contributed by atoms with Crippen LogP contribution in [0.15, 0.2) is 18.6 Å². The van der Waals surface area contributed by atoms with Gasteiger partial charge in [0.25, 0.3) is 0 Å². The van der Waals surface area contributed by atoms with Crippen LogP contribution >= 0.6 is 0 Å². The lowest BCUT2D eigenvalue weighted by molar-refractivity contribution is 0.547. The molecule has 0 aliphatic heterocycles. The van der Waals surface area contributed by atoms with Crippen molar-refractivity contribution in [2.24, 2.45) is 0 Å². The number of rotatable bonds is 4. The first-order valence-electron chi connectivity index (χ1n) is 4.91. The molecule has 0 bridgehead atoms. The number of aryl methyl sites for hydroxylation is 1. The van der Waals surface area contributed by atoms with E-state index in [2.05, 4.69) is 32.5 Å². The minimum Gasteiger partial charge on any atom is -0.305 e. The van der Waals surface area contributed by atoms with Crippen LogP contribution in [-0.2, 0) is 6.54 Å². The van der Waals surface area contributed by atoms with Crippen LogP contribution in [0.3, 0.4) is 0 Å². The summed E-state index contributed by atoms with van der Waals surface area (Å²) in [5.41, 5.74) is 1.08. The molecule has 80 valence electrons. The molecule has 0 aromatic carbocycles. The van der Waals surface area contributed by atoms with Gasteiger partial charge in [-0.15, -0.1) is 0 Å². The molecule has 0 fully saturated rings. The summed E-state index contributed by atoms with van der Waals surface area (Å²) in [7, 11) is 1.89. The van der Waals surface area contributed by atoms with Crippen LogP contribution in [0, 0.1) is 0 Å². The molecule has 0 saturated heterocycles. The Kier molecular flexibility index (Phi) is 2.77. The lowest BCUT2D eigenvalue weighted by atomic mass is 10.2. The zero-order valence-electron chi connectivity index (χ0n) is 8.81. The Balaban J connectivity index is 2.35. The highest BCUT2D eigenvalue weighted by molar-refractivity contribution is 5.15. The Hall–Kier alpha value is -1.69. The van der Waals surface area contributed by atoms with Crippen molar-refractivity contribution < 1.29 is 0 Å². The van der Waals surface area contributed by atoms with E-state index < -0.39 is 0 Å². The van der Waals surface area contributed by atoms with Crippen LogP contribution in [0.2, 0.25) is 0 Å². The summed E-state index contributed by atoms with van der Waals surface area (Å²) < 4.78 is 1.93. The summed E-state index contributed by atoms with van der Waals surface area (Å²) in [4.78, 5) is 4.15. The third-order valence-corrected chi connectivity index (χ3v) is 2.34. The summed E-state index contributed by atoms with van der Waals surface area (Å²) in [6, 6.07) is 1.99. The van der Waals surface area contributed by atoms with Crippen molar-refractivity contribution in [2.75, 3.05) is 7.05 Å². The first-order chi connectivity index (χ1) is 7.36. The second-order valence-electron chi connectivity index (χ2n) is 3.16. The van der Waals surface area contributed by atoms with Gasteiger partial charge in [0, 0.05) is 12.7 Å². The van der Waals surface area contributed by atoms with E-state index >= 15 is 0 Å². The van der Waals surface area contributed by atoms with Crippen molar-refractivity contribution in [3.8, 4) is 0 Å². The van der Waals surface area contributed by atoms with Crippen molar-refractivity contribution in [2.45, 2.75) is 19.5 Å². The van der Waals surface area contributed by atoms with Gasteiger partial charge in [0.05, 0.1) is 5.69 Å². The fourth-order valence-electron chi connectivity index (χ4n) is 1.63. The van der Waals surface area contributed by atoms with Crippen molar-refractivity contribution in [1.29, 1.82) is 0 Å². The molecule has 2 N–H and O–H groups in total. The number of hydrogen-bond acceptors (Lipinski definition) is 4. The van der Waals surface area contributed by atoms with Gasteiger partial charge in [-0.05, 0) is 20.0 Å². The van der Waals surface area contributed by atoms with Crippen molar-refractivity contribution >= 4 is 0 Å². The van der Waals surface area contributed by atoms with Crippen LogP contribution in [0.4, 0.5) is 0 Å². The first kappa shape index (κ1) is 9.85. The van der Waals surface area contributed by atoms with Gasteiger partial charge in [-0.25, -0.2) is 4.98 Å². The predicted molar refractivity (Wildman–Crippen MR) is 55.2 cm³/mol. The minimum atomic E-state index is 0.00921. The van der Waals surface area contributed by atoms with Gasteiger partial charge in [-0.1, -0.05) is 0 Å². The predicted octanol–water partition coefficient (Wildman–Crippen LogP) is 0.330. The lowest BCUT2D eigenvalue weighted by Gasteiger charge is -2.14. The third kappa shape index (κ3) is 1.75. The van der Waals surface area contributed by atoms with Crippen LogP contribution in [0.5, 0.6) is 0 Å². The monoisotopic (exact) mass is 206 g/mol. The maximum absolute atomic E-state index is 4.23. The van der Waals surface area contributed by atoms with E-state index in [4.69, 9.17) is 0 Å². The topological polar surface area (TPSA) is 71.4 Å². The van der Waals surface area contributed by atoms with Gasteiger partial charge in [0.15, 0.2) is 0 Å². The molecule has 0 amide bonds. The highest BCUT2D eigenvalue weighted by atomic mass is 15.3. The Labute approximate surface area is 87.7 Å². The summed E-state index contributed by atoms with van der Waals surface area (Å²) in [5.74, 6) is 0.799. The molecule has 0 aliphatic carbocycles. The van der Waals surface area contributed by atoms with E-state index in [0.717, 1.165) is 18.1 Å². The summed E-state index contributed by atoms with van der Waals surface area (Å²) in [6.07, 6.45) is 3.30. The molecule has 0 aliphatic rings. The molecule has 6 heteroatoms. The number of nitrogens with one attached hydrogen (secondary N) is 2. The Bertz CT molecular complexity index is 404. The molecule has 2 rings (SSSR count). The molecule has 0 spiro atoms. The van der Waals surface area contributed by atoms with E-state index in [1.165, 1.54) is 6.33 Å². The van der Waals surface area contributed by atoms with Gasteiger partial charge >= 0.3 is 0 Å². The molecule has 15 heavy (non-hydrogen) atoms. The van der Waals surface area contributed by atoms with Gasteiger partial charge < -0.3 is 5.32 Å². The summed E-state index contributed by atoms with van der Waals surface area (Å²) >= 11 is 0. The molecule has 6 nitrogen and oxygen atoms in total. The molecule has 2 heterocycles. The zero-order chi connectivity index (χ0) is 10.7. The fraction of sp³-hybridized carbons (Fsp3) is 0.444. The first-order valence-corrected chi connectivity index (χ1v) is 4.91. The zero-order valence-corrected chi connectivity index (χ0v) is 8.81. The van der Waals surface area contributed by atoms with Crippen molar-refractivity contribution in [3.05, 3.63) is 30.1 Å². The fourth-order valence-corrected chi connectivity index (χ4v) is 1.63. The number of aromatic nitrogens is 5. The number of aromatic amines is 1. The quantitative estimate of drug-likeness (QED) is 0.756. The molecule has 0 radical (unpaired) electrons. The van der Waals surface area contributed by atoms with E-state index in [9.17, 15) is 0 Å². The van der Waals surface area contributed by atoms with Crippen molar-refractivity contribution in [1.82, 2.24) is 30.3 Å². The maximum atomic E-state index is 4.23. The SMILES string of the molecule is CCn1nccc1C(NC)c1ncn[nH]1. The standard InChI is InChI=1S/C9H14N6/c1-3-15-7(4-5-13-15)8(10-2)9-11-6-12-14-9/h4-6,8,10H,3H2,1-2H3,(H,11,12,14). The molecule has 2 aromatic rings. The molecule has 2 aromatic heterocycles. The number of nitrogens with zero attached hydrogens (tertiary/aromatic N) is 4. The smallest absolute Gasteiger partial charge is 0.147 e. The van der Waals surface area contributed by atoms with E-state index in [-0.39, 0.29) is 6.04 Å². The van der Waals surface area contributed by atoms with Crippen molar-refractivity contribution in [3.63, 3.8) is 0 Å². The van der Waals surface area contributed by atoms with Crippen LogP contribution < -0.4 is 5.32 Å². The van der Waals surface area contributed by atoms with E-state index in [0.29, 0.717) is 0 Å². The minimum absolute atomic E-state index is 0.00921.